The summed E-state index contributed by atoms with van der Waals surface area (Å²) in [6.07, 6.45) is 4.33. The minimum atomic E-state index is -0.721. The highest BCUT2D eigenvalue weighted by Crippen LogP contribution is 2.37. The fraction of sp³-hybridized carbons (Fsp3) is 0.160. The molecule has 1 atom stereocenters. The molecule has 172 valence electrons. The number of urea groups is 1. The third-order valence-corrected chi connectivity index (χ3v) is 6.40. The molecule has 0 radical (unpaired) electrons. The Hall–Kier alpha value is -3.98. The van der Waals surface area contributed by atoms with Gasteiger partial charge < -0.3 is 5.32 Å². The number of carbonyl (C=O) groups is 2. The van der Waals surface area contributed by atoms with Crippen molar-refractivity contribution in [1.29, 1.82) is 0 Å². The predicted molar refractivity (Wildman–Crippen MR) is 132 cm³/mol. The van der Waals surface area contributed by atoms with E-state index in [0.717, 1.165) is 23.2 Å². The monoisotopic (exact) mass is 472 g/mol. The van der Waals surface area contributed by atoms with Gasteiger partial charge in [-0.3, -0.25) is 19.7 Å². The number of hydrogen-bond donors (Lipinski definition) is 2. The van der Waals surface area contributed by atoms with Gasteiger partial charge in [-0.05, 0) is 41.8 Å². The van der Waals surface area contributed by atoms with Crippen LogP contribution in [0, 0.1) is 0 Å². The summed E-state index contributed by atoms with van der Waals surface area (Å²) in [4.78, 5) is 29.0. The normalized spacial score (nSPS) is 11.6. The van der Waals surface area contributed by atoms with Crippen molar-refractivity contribution < 1.29 is 9.59 Å². The van der Waals surface area contributed by atoms with Crippen LogP contribution in [0.1, 0.15) is 23.3 Å². The number of amides is 3. The predicted octanol–water partition coefficient (Wildman–Crippen LogP) is 4.18. The van der Waals surface area contributed by atoms with E-state index in [1.165, 1.54) is 24.4 Å². The van der Waals surface area contributed by atoms with Crippen LogP contribution in [0.3, 0.4) is 0 Å². The number of nitrogens with zero attached hydrogens (tertiary/aromatic N) is 4. The van der Waals surface area contributed by atoms with Crippen LogP contribution < -0.4 is 10.6 Å². The smallest absolute Gasteiger partial charge is 0.321 e. The number of thioether (sulfide) groups is 1. The first-order valence-electron chi connectivity index (χ1n) is 10.8. The second-order valence-corrected chi connectivity index (χ2v) is 8.45. The maximum absolute atomic E-state index is 13.1. The van der Waals surface area contributed by atoms with E-state index >= 15 is 0 Å². The Balaban J connectivity index is 1.79. The average Bonchev–Trinajstić information content (AvgIpc) is 3.31. The average molecular weight is 473 g/mol. The quantitative estimate of drug-likeness (QED) is 0.391. The molecule has 4 rings (SSSR count). The zero-order chi connectivity index (χ0) is 23.9. The Kier molecular flexibility index (Phi) is 7.34. The van der Waals surface area contributed by atoms with Gasteiger partial charge in [0.25, 0.3) is 0 Å². The van der Waals surface area contributed by atoms with Crippen molar-refractivity contribution in [2.45, 2.75) is 23.8 Å². The number of pyridine rings is 1. The lowest BCUT2D eigenvalue weighted by molar-refractivity contribution is -0.119. The SMILES string of the molecule is CCc1ccc(-n2c(S[C@@H](C(=O)NC(=O)NC)c3ccccc3)nnc2-c2ccncc2)cc1. The molecule has 4 aromatic rings. The van der Waals surface area contributed by atoms with Crippen molar-refractivity contribution in [3.05, 3.63) is 90.3 Å². The summed E-state index contributed by atoms with van der Waals surface area (Å²) in [5.41, 5.74) is 3.67. The fourth-order valence-electron chi connectivity index (χ4n) is 3.39. The highest BCUT2D eigenvalue weighted by Gasteiger charge is 2.27. The molecule has 2 aromatic carbocycles. The molecule has 2 N–H and O–H groups in total. The molecule has 9 heteroatoms. The first-order chi connectivity index (χ1) is 16.6. The van der Waals surface area contributed by atoms with Gasteiger partial charge in [0.05, 0.1) is 0 Å². The van der Waals surface area contributed by atoms with E-state index in [2.05, 4.69) is 44.9 Å². The number of aryl methyl sites for hydroxylation is 1. The van der Waals surface area contributed by atoms with E-state index in [0.29, 0.717) is 11.0 Å². The van der Waals surface area contributed by atoms with Crippen molar-refractivity contribution in [2.24, 2.45) is 0 Å². The molecule has 34 heavy (non-hydrogen) atoms. The Labute approximate surface area is 201 Å². The molecule has 2 heterocycles. The molecule has 0 aliphatic heterocycles. The number of carbonyl (C=O) groups excluding carboxylic acids is 2. The number of imide groups is 1. The fourth-order valence-corrected chi connectivity index (χ4v) is 4.45. The molecule has 0 spiro atoms. The molecular formula is C25H24N6O2S. The first-order valence-corrected chi connectivity index (χ1v) is 11.7. The summed E-state index contributed by atoms with van der Waals surface area (Å²) < 4.78 is 1.92. The Morgan fingerprint density at radius 2 is 1.68 bits per heavy atom. The lowest BCUT2D eigenvalue weighted by atomic mass is 10.1. The standard InChI is InChI=1S/C25H24N6O2S/c1-3-17-9-11-20(12-10-17)31-22(19-13-15-27-16-14-19)29-30-25(31)34-21(18-7-5-4-6-8-18)23(32)28-24(33)26-2/h4-16,21H,3H2,1-2H3,(H2,26,28,32,33)/t21-/m1/s1. The molecule has 0 fully saturated rings. The maximum atomic E-state index is 13.1. The van der Waals surface area contributed by atoms with E-state index < -0.39 is 17.2 Å². The van der Waals surface area contributed by atoms with Crippen molar-refractivity contribution in [3.8, 4) is 17.1 Å². The van der Waals surface area contributed by atoms with Gasteiger partial charge in [-0.1, -0.05) is 61.2 Å². The van der Waals surface area contributed by atoms with Crippen LogP contribution in [0.4, 0.5) is 4.79 Å². The van der Waals surface area contributed by atoms with E-state index in [-0.39, 0.29) is 0 Å². The van der Waals surface area contributed by atoms with Gasteiger partial charge in [-0.2, -0.15) is 0 Å². The summed E-state index contributed by atoms with van der Waals surface area (Å²) >= 11 is 1.23. The Morgan fingerprint density at radius 3 is 2.32 bits per heavy atom. The number of hydrogen-bond acceptors (Lipinski definition) is 6. The number of rotatable bonds is 7. The topological polar surface area (TPSA) is 102 Å². The van der Waals surface area contributed by atoms with Crippen LogP contribution in [0.15, 0.2) is 84.3 Å². The molecule has 0 aliphatic carbocycles. The highest BCUT2D eigenvalue weighted by molar-refractivity contribution is 8.00. The first kappa shape index (κ1) is 23.2. The lowest BCUT2D eigenvalue weighted by Gasteiger charge is -2.17. The third-order valence-electron chi connectivity index (χ3n) is 5.20. The largest absolute Gasteiger partial charge is 0.341 e. The number of nitrogens with one attached hydrogen (secondary N) is 2. The van der Waals surface area contributed by atoms with Gasteiger partial charge in [0.15, 0.2) is 11.0 Å². The molecule has 0 saturated carbocycles. The van der Waals surface area contributed by atoms with Crippen LogP contribution in [0.5, 0.6) is 0 Å². The molecule has 0 aliphatic rings. The Morgan fingerprint density at radius 1 is 0.971 bits per heavy atom. The zero-order valence-electron chi connectivity index (χ0n) is 18.8. The van der Waals surface area contributed by atoms with E-state index in [1.54, 1.807) is 12.4 Å². The van der Waals surface area contributed by atoms with Crippen LogP contribution in [-0.2, 0) is 11.2 Å². The van der Waals surface area contributed by atoms with Gasteiger partial charge in [0, 0.05) is 30.7 Å². The molecule has 2 aromatic heterocycles. The second-order valence-electron chi connectivity index (χ2n) is 7.37. The van der Waals surface area contributed by atoms with Crippen molar-refractivity contribution in [1.82, 2.24) is 30.4 Å². The van der Waals surface area contributed by atoms with E-state index in [4.69, 9.17) is 0 Å². The van der Waals surface area contributed by atoms with Crippen molar-refractivity contribution in [3.63, 3.8) is 0 Å². The van der Waals surface area contributed by atoms with Gasteiger partial charge in [-0.15, -0.1) is 10.2 Å². The van der Waals surface area contributed by atoms with E-state index in [9.17, 15) is 9.59 Å². The summed E-state index contributed by atoms with van der Waals surface area (Å²) in [6, 6.07) is 20.6. The number of aromatic nitrogens is 4. The Bertz CT molecular complexity index is 1260. The van der Waals surface area contributed by atoms with Gasteiger partial charge in [0.1, 0.15) is 5.25 Å². The van der Waals surface area contributed by atoms with Crippen molar-refractivity contribution in [2.75, 3.05) is 7.05 Å². The minimum Gasteiger partial charge on any atom is -0.341 e. The summed E-state index contributed by atoms with van der Waals surface area (Å²) in [6.45, 7) is 2.10. The summed E-state index contributed by atoms with van der Waals surface area (Å²) in [5, 5.41) is 13.5. The van der Waals surface area contributed by atoms with Crippen molar-refractivity contribution >= 4 is 23.7 Å². The molecular weight excluding hydrogens is 448 g/mol. The lowest BCUT2D eigenvalue weighted by Crippen LogP contribution is -2.39. The molecule has 0 unspecified atom stereocenters. The highest BCUT2D eigenvalue weighted by atomic mass is 32.2. The molecule has 0 bridgehead atoms. The zero-order valence-corrected chi connectivity index (χ0v) is 19.6. The second kappa shape index (κ2) is 10.8. The molecule has 0 saturated heterocycles. The number of benzene rings is 2. The van der Waals surface area contributed by atoms with Crippen LogP contribution in [-0.4, -0.2) is 38.7 Å². The van der Waals surface area contributed by atoms with Crippen LogP contribution >= 0.6 is 11.8 Å². The molecule has 8 nitrogen and oxygen atoms in total. The van der Waals surface area contributed by atoms with Gasteiger partial charge in [-0.25, -0.2) is 4.79 Å². The minimum absolute atomic E-state index is 0.447. The summed E-state index contributed by atoms with van der Waals surface area (Å²) in [7, 11) is 1.46. The van der Waals surface area contributed by atoms with Crippen LogP contribution in [0.25, 0.3) is 17.1 Å². The van der Waals surface area contributed by atoms with Crippen LogP contribution in [0.2, 0.25) is 0 Å². The molecule has 3 amide bonds. The maximum Gasteiger partial charge on any atom is 0.321 e. The summed E-state index contributed by atoms with van der Waals surface area (Å²) in [5.74, 6) is 0.185. The third kappa shape index (κ3) is 5.15. The van der Waals surface area contributed by atoms with Gasteiger partial charge >= 0.3 is 6.03 Å². The van der Waals surface area contributed by atoms with Gasteiger partial charge in [0.2, 0.25) is 5.91 Å². The van der Waals surface area contributed by atoms with E-state index in [1.807, 2.05) is 59.2 Å².